The highest BCUT2D eigenvalue weighted by Crippen LogP contribution is 2.14. The minimum absolute atomic E-state index is 0. The molecule has 1 aromatic rings. The molecule has 168 valence electrons. The summed E-state index contributed by atoms with van der Waals surface area (Å²) in [7, 11) is 1.61. The largest absolute Gasteiger partial charge is 0.481 e. The molecule has 0 spiro atoms. The molecule has 2 aliphatic rings. The van der Waals surface area contributed by atoms with E-state index in [2.05, 4.69) is 27.0 Å². The van der Waals surface area contributed by atoms with Gasteiger partial charge < -0.3 is 19.9 Å². The number of aromatic nitrogens is 1. The fraction of sp³-hybridized carbons (Fsp3) is 0.667. The topological polar surface area (TPSA) is 73.3 Å². The van der Waals surface area contributed by atoms with Crippen molar-refractivity contribution in [1.82, 2.24) is 25.0 Å². The lowest BCUT2D eigenvalue weighted by Gasteiger charge is -2.39. The molecule has 8 nitrogen and oxygen atoms in total. The number of ether oxygens (including phenoxy) is 1. The molecular weight excluding hydrogens is 495 g/mol. The third-order valence-electron chi connectivity index (χ3n) is 5.69. The van der Waals surface area contributed by atoms with E-state index in [1.54, 1.807) is 13.3 Å². The normalized spacial score (nSPS) is 18.7. The summed E-state index contributed by atoms with van der Waals surface area (Å²) < 4.78 is 5.11. The first kappa shape index (κ1) is 24.6. The number of aliphatic imine (C=N–C) groups is 1. The summed E-state index contributed by atoms with van der Waals surface area (Å²) in [6, 6.07) is 3.80. The maximum Gasteiger partial charge on any atom is 0.239 e. The van der Waals surface area contributed by atoms with Crippen molar-refractivity contribution < 1.29 is 9.53 Å². The van der Waals surface area contributed by atoms with Crippen LogP contribution in [0.2, 0.25) is 0 Å². The number of carbonyl (C=O) groups is 1. The predicted octanol–water partition coefficient (Wildman–Crippen LogP) is 1.80. The van der Waals surface area contributed by atoms with Gasteiger partial charge in [0.25, 0.3) is 0 Å². The molecule has 1 aromatic heterocycles. The SMILES string of the molecule is CCNC(=NCc1ccc(OC)nc1)N1CCN(C(C)C(=O)N2CCCC2)CC1.I. The van der Waals surface area contributed by atoms with E-state index in [-0.39, 0.29) is 35.9 Å². The molecule has 1 N–H and O–H groups in total. The van der Waals surface area contributed by atoms with Gasteiger partial charge in [-0.2, -0.15) is 0 Å². The van der Waals surface area contributed by atoms with E-state index >= 15 is 0 Å². The Kier molecular flexibility index (Phi) is 10.1. The minimum atomic E-state index is -0.0415. The zero-order valence-corrected chi connectivity index (χ0v) is 20.7. The van der Waals surface area contributed by atoms with E-state index < -0.39 is 0 Å². The van der Waals surface area contributed by atoms with Gasteiger partial charge >= 0.3 is 0 Å². The molecule has 2 fully saturated rings. The highest BCUT2D eigenvalue weighted by atomic mass is 127. The Bertz CT molecular complexity index is 685. The summed E-state index contributed by atoms with van der Waals surface area (Å²) in [5.41, 5.74) is 1.05. The minimum Gasteiger partial charge on any atom is -0.481 e. The first-order chi connectivity index (χ1) is 14.1. The maximum absolute atomic E-state index is 12.7. The van der Waals surface area contributed by atoms with E-state index in [4.69, 9.17) is 9.73 Å². The highest BCUT2D eigenvalue weighted by molar-refractivity contribution is 14.0. The van der Waals surface area contributed by atoms with E-state index in [9.17, 15) is 4.79 Å². The Balaban J connectivity index is 0.00000320. The van der Waals surface area contributed by atoms with Gasteiger partial charge in [0.05, 0.1) is 19.7 Å². The van der Waals surface area contributed by atoms with E-state index in [0.29, 0.717) is 12.4 Å². The monoisotopic (exact) mass is 530 g/mol. The van der Waals surface area contributed by atoms with Crippen molar-refractivity contribution >= 4 is 35.8 Å². The van der Waals surface area contributed by atoms with Crippen LogP contribution in [0.5, 0.6) is 5.88 Å². The lowest BCUT2D eigenvalue weighted by Crippen LogP contribution is -2.57. The number of halogens is 1. The Hall–Kier alpha value is -1.62. The molecule has 3 rings (SSSR count). The van der Waals surface area contributed by atoms with Gasteiger partial charge in [0.1, 0.15) is 0 Å². The van der Waals surface area contributed by atoms with Crippen molar-refractivity contribution in [2.45, 2.75) is 39.3 Å². The molecule has 1 amide bonds. The molecule has 2 aliphatic heterocycles. The number of nitrogens with one attached hydrogen (secondary N) is 1. The summed E-state index contributed by atoms with van der Waals surface area (Å²) >= 11 is 0. The van der Waals surface area contributed by atoms with Gasteiger partial charge in [0.15, 0.2) is 5.96 Å². The third-order valence-corrected chi connectivity index (χ3v) is 5.69. The molecule has 3 heterocycles. The Labute approximate surface area is 197 Å². The van der Waals surface area contributed by atoms with Gasteiger partial charge in [-0.05, 0) is 32.3 Å². The second kappa shape index (κ2) is 12.3. The van der Waals surface area contributed by atoms with Crippen LogP contribution in [0.3, 0.4) is 0 Å². The van der Waals surface area contributed by atoms with Gasteiger partial charge in [-0.1, -0.05) is 6.07 Å². The average Bonchev–Trinajstić information content (AvgIpc) is 3.31. The number of carbonyl (C=O) groups excluding carboxylic acids is 1. The Morgan fingerprint density at radius 3 is 2.43 bits per heavy atom. The lowest BCUT2D eigenvalue weighted by atomic mass is 10.2. The van der Waals surface area contributed by atoms with Crippen LogP contribution in [0.25, 0.3) is 0 Å². The van der Waals surface area contributed by atoms with Crippen LogP contribution in [-0.2, 0) is 11.3 Å². The average molecular weight is 530 g/mol. The molecule has 2 saturated heterocycles. The fourth-order valence-corrected chi connectivity index (χ4v) is 3.90. The molecule has 1 atom stereocenters. The standard InChI is InChI=1S/C21H34N6O2.HI/c1-4-22-21(24-16-18-7-8-19(29-3)23-15-18)27-13-11-25(12-14-27)17(2)20(28)26-9-5-6-10-26;/h7-8,15,17H,4-6,9-14,16H2,1-3H3,(H,22,24);1H. The molecule has 9 heteroatoms. The van der Waals surface area contributed by atoms with Crippen molar-refractivity contribution in [3.8, 4) is 5.88 Å². The van der Waals surface area contributed by atoms with Crippen molar-refractivity contribution in [2.24, 2.45) is 4.99 Å². The number of hydrogen-bond acceptors (Lipinski definition) is 5. The second-order valence-corrected chi connectivity index (χ2v) is 7.61. The number of hydrogen-bond donors (Lipinski definition) is 1. The second-order valence-electron chi connectivity index (χ2n) is 7.61. The number of amides is 1. The number of rotatable bonds is 6. The van der Waals surface area contributed by atoms with E-state index in [0.717, 1.165) is 70.2 Å². The summed E-state index contributed by atoms with van der Waals surface area (Å²) in [6.07, 6.45) is 4.08. The Morgan fingerprint density at radius 1 is 1.17 bits per heavy atom. The molecule has 0 aliphatic carbocycles. The molecule has 0 saturated carbocycles. The summed E-state index contributed by atoms with van der Waals surface area (Å²) in [6.45, 7) is 10.8. The predicted molar refractivity (Wildman–Crippen MR) is 129 cm³/mol. The van der Waals surface area contributed by atoms with Crippen LogP contribution in [0.15, 0.2) is 23.3 Å². The van der Waals surface area contributed by atoms with Gasteiger partial charge in [0.2, 0.25) is 11.8 Å². The molecule has 0 bridgehead atoms. The molecular formula is C21H35IN6O2. The van der Waals surface area contributed by atoms with Crippen molar-refractivity contribution in [3.63, 3.8) is 0 Å². The number of piperazine rings is 1. The Morgan fingerprint density at radius 2 is 1.87 bits per heavy atom. The zero-order chi connectivity index (χ0) is 20.6. The summed E-state index contributed by atoms with van der Waals surface area (Å²) in [5, 5.41) is 3.39. The van der Waals surface area contributed by atoms with Crippen LogP contribution < -0.4 is 10.1 Å². The van der Waals surface area contributed by atoms with Gasteiger partial charge in [-0.25, -0.2) is 9.98 Å². The zero-order valence-electron chi connectivity index (χ0n) is 18.3. The van der Waals surface area contributed by atoms with Crippen LogP contribution in [0.4, 0.5) is 0 Å². The van der Waals surface area contributed by atoms with Gasteiger partial charge in [0, 0.05) is 58.1 Å². The van der Waals surface area contributed by atoms with Crippen molar-refractivity contribution in [3.05, 3.63) is 23.9 Å². The number of methoxy groups -OCH3 is 1. The van der Waals surface area contributed by atoms with Crippen LogP contribution in [0, 0.1) is 0 Å². The van der Waals surface area contributed by atoms with E-state index in [1.165, 1.54) is 0 Å². The van der Waals surface area contributed by atoms with Crippen LogP contribution in [-0.4, -0.2) is 90.5 Å². The molecule has 30 heavy (non-hydrogen) atoms. The lowest BCUT2D eigenvalue weighted by molar-refractivity contribution is -0.135. The smallest absolute Gasteiger partial charge is 0.239 e. The summed E-state index contributed by atoms with van der Waals surface area (Å²) in [5.74, 6) is 1.81. The van der Waals surface area contributed by atoms with Gasteiger partial charge in [-0.3, -0.25) is 9.69 Å². The van der Waals surface area contributed by atoms with Crippen LogP contribution >= 0.6 is 24.0 Å². The number of guanidine groups is 1. The summed E-state index contributed by atoms with van der Waals surface area (Å²) in [4.78, 5) is 28.3. The van der Waals surface area contributed by atoms with Gasteiger partial charge in [-0.15, -0.1) is 24.0 Å². The van der Waals surface area contributed by atoms with E-state index in [1.807, 2.05) is 24.0 Å². The first-order valence-corrected chi connectivity index (χ1v) is 10.7. The number of likely N-dealkylation sites (tertiary alicyclic amines) is 1. The van der Waals surface area contributed by atoms with Crippen molar-refractivity contribution in [2.75, 3.05) is 52.9 Å². The quantitative estimate of drug-likeness (QED) is 0.344. The molecule has 1 unspecified atom stereocenters. The fourth-order valence-electron chi connectivity index (χ4n) is 3.90. The molecule has 0 radical (unpaired) electrons. The maximum atomic E-state index is 12.7. The molecule has 0 aromatic carbocycles. The number of pyridine rings is 1. The third kappa shape index (κ3) is 6.44. The van der Waals surface area contributed by atoms with Crippen molar-refractivity contribution in [1.29, 1.82) is 0 Å². The first-order valence-electron chi connectivity index (χ1n) is 10.7. The highest BCUT2D eigenvalue weighted by Gasteiger charge is 2.30. The van der Waals surface area contributed by atoms with Crippen LogP contribution in [0.1, 0.15) is 32.3 Å². The number of nitrogens with zero attached hydrogens (tertiary/aromatic N) is 5.